The summed E-state index contributed by atoms with van der Waals surface area (Å²) in [5.41, 5.74) is 0. The van der Waals surface area contributed by atoms with Crippen LogP contribution in [0.2, 0.25) is 0 Å². The van der Waals surface area contributed by atoms with E-state index in [4.69, 9.17) is 0 Å². The van der Waals surface area contributed by atoms with E-state index in [1.807, 2.05) is 24.0 Å². The summed E-state index contributed by atoms with van der Waals surface area (Å²) >= 11 is 1.45. The summed E-state index contributed by atoms with van der Waals surface area (Å²) in [6, 6.07) is 3.75. The van der Waals surface area contributed by atoms with Gasteiger partial charge in [0.2, 0.25) is 5.91 Å². The monoisotopic (exact) mass is 380 g/mol. The van der Waals surface area contributed by atoms with Crippen molar-refractivity contribution in [2.45, 2.75) is 33.2 Å². The average Bonchev–Trinajstić information content (AvgIpc) is 3.10. The summed E-state index contributed by atoms with van der Waals surface area (Å²) in [5.74, 6) is 0.0867. The van der Waals surface area contributed by atoms with E-state index in [9.17, 15) is 14.4 Å². The molecule has 0 bridgehead atoms. The van der Waals surface area contributed by atoms with Gasteiger partial charge in [-0.1, -0.05) is 0 Å². The highest BCUT2D eigenvalue weighted by Gasteiger charge is 2.20. The van der Waals surface area contributed by atoms with Crippen LogP contribution in [0.4, 0.5) is 4.79 Å². The van der Waals surface area contributed by atoms with Gasteiger partial charge in [0.1, 0.15) is 0 Å². The lowest BCUT2D eigenvalue weighted by Gasteiger charge is -2.34. The van der Waals surface area contributed by atoms with Crippen molar-refractivity contribution >= 4 is 29.1 Å². The van der Waals surface area contributed by atoms with E-state index in [-0.39, 0.29) is 17.7 Å². The topological polar surface area (TPSA) is 81.8 Å². The average molecular weight is 381 g/mol. The molecule has 0 atom stereocenters. The lowest BCUT2D eigenvalue weighted by atomic mass is 10.2. The van der Waals surface area contributed by atoms with Crippen molar-refractivity contribution in [3.8, 4) is 0 Å². The van der Waals surface area contributed by atoms with Gasteiger partial charge in [-0.05, 0) is 32.0 Å². The van der Waals surface area contributed by atoms with Gasteiger partial charge in [-0.25, -0.2) is 4.79 Å². The van der Waals surface area contributed by atoms with E-state index in [1.54, 1.807) is 0 Å². The van der Waals surface area contributed by atoms with Crippen LogP contribution in [-0.2, 0) is 11.3 Å². The fraction of sp³-hybridized carbons (Fsp3) is 0.611. The van der Waals surface area contributed by atoms with Crippen LogP contribution in [0.1, 0.15) is 41.2 Å². The minimum Gasteiger partial charge on any atom is -0.351 e. The third-order valence-electron chi connectivity index (χ3n) is 4.31. The first-order valence-corrected chi connectivity index (χ1v) is 9.92. The second-order valence-corrected chi connectivity index (χ2v) is 7.53. The van der Waals surface area contributed by atoms with Crippen molar-refractivity contribution in [2.24, 2.45) is 0 Å². The van der Waals surface area contributed by atoms with Crippen molar-refractivity contribution in [1.82, 2.24) is 20.4 Å². The minimum atomic E-state index is -0.0708. The van der Waals surface area contributed by atoms with E-state index in [0.717, 1.165) is 48.9 Å². The number of carbonyl (C=O) groups is 3. The molecule has 1 aromatic heterocycles. The van der Waals surface area contributed by atoms with Gasteiger partial charge in [0.15, 0.2) is 5.78 Å². The molecule has 1 saturated heterocycles. The Balaban J connectivity index is 1.66. The number of Topliss-reactive ketones (excluding diaryl/α,β-unsaturated/α-hetero) is 1. The SMILES string of the molecule is CCNC(=O)N1CCN(CCCC(=O)c2ccc(CNC(C)=O)s2)CC1. The normalized spacial score (nSPS) is 14.9. The molecule has 8 heteroatoms. The predicted molar refractivity (Wildman–Crippen MR) is 102 cm³/mol. The number of thiophene rings is 1. The van der Waals surface area contributed by atoms with Gasteiger partial charge >= 0.3 is 6.03 Å². The molecule has 1 aromatic rings. The lowest BCUT2D eigenvalue weighted by Crippen LogP contribution is -2.51. The van der Waals surface area contributed by atoms with Gasteiger partial charge in [0.05, 0.1) is 11.4 Å². The molecule has 2 N–H and O–H groups in total. The maximum Gasteiger partial charge on any atom is 0.317 e. The first-order chi connectivity index (χ1) is 12.5. The number of nitrogens with one attached hydrogen (secondary N) is 2. The zero-order valence-corrected chi connectivity index (χ0v) is 16.4. The maximum absolute atomic E-state index is 12.3. The molecular weight excluding hydrogens is 352 g/mol. The minimum absolute atomic E-state index is 0.00934. The Hall–Kier alpha value is -1.93. The van der Waals surface area contributed by atoms with Crippen LogP contribution < -0.4 is 10.6 Å². The van der Waals surface area contributed by atoms with Crippen LogP contribution in [0.5, 0.6) is 0 Å². The highest BCUT2D eigenvalue weighted by molar-refractivity contribution is 7.14. The van der Waals surface area contributed by atoms with E-state index in [1.165, 1.54) is 18.3 Å². The molecule has 26 heavy (non-hydrogen) atoms. The number of piperazine rings is 1. The van der Waals surface area contributed by atoms with Crippen LogP contribution in [0.3, 0.4) is 0 Å². The Morgan fingerprint density at radius 1 is 1.12 bits per heavy atom. The lowest BCUT2D eigenvalue weighted by molar-refractivity contribution is -0.119. The summed E-state index contributed by atoms with van der Waals surface area (Å²) in [6.07, 6.45) is 1.34. The summed E-state index contributed by atoms with van der Waals surface area (Å²) in [6.45, 7) is 8.57. The number of ketones is 1. The molecule has 0 aliphatic carbocycles. The maximum atomic E-state index is 12.3. The van der Waals surface area contributed by atoms with Gasteiger partial charge in [0, 0.05) is 50.9 Å². The summed E-state index contributed by atoms with van der Waals surface area (Å²) in [7, 11) is 0. The largest absolute Gasteiger partial charge is 0.351 e. The van der Waals surface area contributed by atoms with Crippen molar-refractivity contribution in [1.29, 1.82) is 0 Å². The van der Waals surface area contributed by atoms with E-state index < -0.39 is 0 Å². The van der Waals surface area contributed by atoms with E-state index >= 15 is 0 Å². The number of nitrogens with zero attached hydrogens (tertiary/aromatic N) is 2. The van der Waals surface area contributed by atoms with Gasteiger partial charge in [0.25, 0.3) is 0 Å². The third-order valence-corrected chi connectivity index (χ3v) is 5.44. The Kier molecular flexibility index (Phi) is 8.06. The predicted octanol–water partition coefficient (Wildman–Crippen LogP) is 1.69. The van der Waals surface area contributed by atoms with E-state index in [2.05, 4.69) is 15.5 Å². The molecule has 3 amide bonds. The van der Waals surface area contributed by atoms with Crippen molar-refractivity contribution < 1.29 is 14.4 Å². The number of amides is 3. The fourth-order valence-corrected chi connectivity index (χ4v) is 3.77. The fourth-order valence-electron chi connectivity index (χ4n) is 2.86. The Morgan fingerprint density at radius 3 is 2.50 bits per heavy atom. The zero-order chi connectivity index (χ0) is 18.9. The molecule has 0 spiro atoms. The molecule has 2 rings (SSSR count). The number of carbonyl (C=O) groups excluding carboxylic acids is 3. The highest BCUT2D eigenvalue weighted by atomic mass is 32.1. The Bertz CT molecular complexity index is 624. The molecule has 0 aromatic carbocycles. The van der Waals surface area contributed by atoms with E-state index in [0.29, 0.717) is 19.5 Å². The quantitative estimate of drug-likeness (QED) is 0.673. The Labute approximate surface area is 158 Å². The van der Waals surface area contributed by atoms with Crippen molar-refractivity contribution in [3.63, 3.8) is 0 Å². The molecule has 1 fully saturated rings. The molecule has 1 aliphatic heterocycles. The molecule has 7 nitrogen and oxygen atoms in total. The second-order valence-electron chi connectivity index (χ2n) is 6.37. The van der Waals surface area contributed by atoms with Crippen LogP contribution in [0.15, 0.2) is 12.1 Å². The molecular formula is C18H28N4O3S. The number of rotatable bonds is 8. The highest BCUT2D eigenvalue weighted by Crippen LogP contribution is 2.19. The first-order valence-electron chi connectivity index (χ1n) is 9.11. The summed E-state index contributed by atoms with van der Waals surface area (Å²) in [4.78, 5) is 40.9. The van der Waals surface area contributed by atoms with Crippen LogP contribution in [0.25, 0.3) is 0 Å². The first kappa shape index (κ1) is 20.4. The van der Waals surface area contributed by atoms with Gasteiger partial charge < -0.3 is 15.5 Å². The molecule has 0 saturated carbocycles. The molecule has 2 heterocycles. The smallest absolute Gasteiger partial charge is 0.317 e. The van der Waals surface area contributed by atoms with Crippen LogP contribution in [0, 0.1) is 0 Å². The molecule has 0 radical (unpaired) electrons. The Morgan fingerprint density at radius 2 is 1.85 bits per heavy atom. The van der Waals surface area contributed by atoms with Crippen LogP contribution >= 0.6 is 11.3 Å². The van der Waals surface area contributed by atoms with Gasteiger partial charge in [-0.3, -0.25) is 14.5 Å². The number of hydrogen-bond donors (Lipinski definition) is 2. The molecule has 144 valence electrons. The third kappa shape index (κ3) is 6.42. The summed E-state index contributed by atoms with van der Waals surface area (Å²) < 4.78 is 0. The van der Waals surface area contributed by atoms with Crippen molar-refractivity contribution in [2.75, 3.05) is 39.3 Å². The second kappa shape index (κ2) is 10.3. The van der Waals surface area contributed by atoms with Gasteiger partial charge in [-0.15, -0.1) is 11.3 Å². The number of urea groups is 1. The molecule has 1 aliphatic rings. The molecule has 0 unspecified atom stereocenters. The zero-order valence-electron chi connectivity index (χ0n) is 15.5. The standard InChI is InChI=1S/C18H28N4O3S/c1-3-19-18(25)22-11-9-21(10-12-22)8-4-5-16(24)17-7-6-15(26-17)13-20-14(2)23/h6-7H,3-5,8-13H2,1-2H3,(H,19,25)(H,20,23). The number of hydrogen-bond acceptors (Lipinski definition) is 5. The van der Waals surface area contributed by atoms with Gasteiger partial charge in [-0.2, -0.15) is 0 Å². The summed E-state index contributed by atoms with van der Waals surface area (Å²) in [5, 5.41) is 5.57. The van der Waals surface area contributed by atoms with Crippen molar-refractivity contribution in [3.05, 3.63) is 21.9 Å². The van der Waals surface area contributed by atoms with Crippen LogP contribution in [-0.4, -0.2) is 66.8 Å².